The number of nitrogens with zero attached hydrogens (tertiary/aromatic N) is 1. The molecule has 1 aromatic carbocycles. The molecule has 0 N–H and O–H groups in total. The smallest absolute Gasteiger partial charge is 0.0828 e. The fourth-order valence-corrected chi connectivity index (χ4v) is 2.08. The van der Waals surface area contributed by atoms with E-state index in [1.54, 1.807) is 0 Å². The Morgan fingerprint density at radius 1 is 1.36 bits per heavy atom. The van der Waals surface area contributed by atoms with Gasteiger partial charge < -0.3 is 0 Å². The maximum Gasteiger partial charge on any atom is 0.0828 e. The average Bonchev–Trinajstić information content (AvgIpc) is 2.18. The highest BCUT2D eigenvalue weighted by Gasteiger charge is 2.39. The molecular formula is C13H13N. The van der Waals surface area contributed by atoms with Gasteiger partial charge in [0.15, 0.2) is 0 Å². The van der Waals surface area contributed by atoms with E-state index in [1.807, 2.05) is 24.3 Å². The van der Waals surface area contributed by atoms with E-state index in [1.165, 1.54) is 6.42 Å². The first-order chi connectivity index (χ1) is 6.82. The summed E-state index contributed by atoms with van der Waals surface area (Å²) in [7, 11) is 0. The predicted octanol–water partition coefficient (Wildman–Crippen LogP) is 3.27. The summed E-state index contributed by atoms with van der Waals surface area (Å²) >= 11 is 0. The lowest BCUT2D eigenvalue weighted by Gasteiger charge is -2.36. The Morgan fingerprint density at radius 3 is 2.57 bits per heavy atom. The van der Waals surface area contributed by atoms with Gasteiger partial charge in [-0.25, -0.2) is 0 Å². The van der Waals surface area contributed by atoms with E-state index in [2.05, 4.69) is 18.7 Å². The molecule has 0 bridgehead atoms. The SMILES string of the molecule is C=Cc1ccccc1C1(C#N)CCC1. The van der Waals surface area contributed by atoms with Crippen LogP contribution in [0.3, 0.4) is 0 Å². The second-order valence-corrected chi connectivity index (χ2v) is 3.84. The molecule has 0 unspecified atom stereocenters. The zero-order valence-corrected chi connectivity index (χ0v) is 8.16. The van der Waals surface area contributed by atoms with E-state index in [0.29, 0.717) is 0 Å². The van der Waals surface area contributed by atoms with E-state index in [9.17, 15) is 5.26 Å². The van der Waals surface area contributed by atoms with Crippen molar-refractivity contribution < 1.29 is 0 Å². The molecule has 1 heteroatoms. The van der Waals surface area contributed by atoms with Crippen LogP contribution in [0.1, 0.15) is 30.4 Å². The fraction of sp³-hybridized carbons (Fsp3) is 0.308. The lowest BCUT2D eigenvalue weighted by Crippen LogP contribution is -2.32. The van der Waals surface area contributed by atoms with Crippen molar-refractivity contribution in [1.29, 1.82) is 5.26 Å². The Balaban J connectivity index is 2.50. The monoisotopic (exact) mass is 183 g/mol. The number of benzene rings is 1. The van der Waals surface area contributed by atoms with Crippen molar-refractivity contribution in [2.75, 3.05) is 0 Å². The summed E-state index contributed by atoms with van der Waals surface area (Å²) in [5, 5.41) is 9.23. The van der Waals surface area contributed by atoms with Crippen molar-refractivity contribution in [3.63, 3.8) is 0 Å². The molecule has 2 rings (SSSR count). The third-order valence-corrected chi connectivity index (χ3v) is 3.12. The van der Waals surface area contributed by atoms with Crippen molar-refractivity contribution >= 4 is 6.08 Å². The summed E-state index contributed by atoms with van der Waals surface area (Å²) in [6, 6.07) is 10.5. The topological polar surface area (TPSA) is 23.8 Å². The normalized spacial score (nSPS) is 17.9. The number of hydrogen-bond donors (Lipinski definition) is 0. The van der Waals surface area contributed by atoms with Crippen LogP contribution >= 0.6 is 0 Å². The molecule has 70 valence electrons. The van der Waals surface area contributed by atoms with E-state index < -0.39 is 0 Å². The van der Waals surface area contributed by atoms with Crippen LogP contribution in [0.25, 0.3) is 6.08 Å². The number of nitriles is 1. The maximum atomic E-state index is 9.23. The molecule has 1 saturated carbocycles. The summed E-state index contributed by atoms with van der Waals surface area (Å²) in [5.74, 6) is 0. The Morgan fingerprint density at radius 2 is 2.07 bits per heavy atom. The molecule has 14 heavy (non-hydrogen) atoms. The first-order valence-corrected chi connectivity index (χ1v) is 4.95. The minimum absolute atomic E-state index is 0.217. The molecule has 1 fully saturated rings. The van der Waals surface area contributed by atoms with E-state index in [0.717, 1.165) is 24.0 Å². The van der Waals surface area contributed by atoms with Gasteiger partial charge in [0.05, 0.1) is 11.5 Å². The van der Waals surface area contributed by atoms with Crippen LogP contribution < -0.4 is 0 Å². The zero-order chi connectivity index (χ0) is 10.0. The van der Waals surface area contributed by atoms with Gasteiger partial charge in [-0.15, -0.1) is 0 Å². The highest BCUT2D eigenvalue weighted by atomic mass is 14.4. The van der Waals surface area contributed by atoms with E-state index in [4.69, 9.17) is 0 Å². The molecule has 0 aliphatic heterocycles. The van der Waals surface area contributed by atoms with Crippen molar-refractivity contribution in [3.05, 3.63) is 42.0 Å². The van der Waals surface area contributed by atoms with Crippen LogP contribution in [0.2, 0.25) is 0 Å². The van der Waals surface area contributed by atoms with Gasteiger partial charge >= 0.3 is 0 Å². The minimum Gasteiger partial charge on any atom is -0.197 e. The Bertz CT molecular complexity index is 394. The molecular weight excluding hydrogens is 170 g/mol. The molecule has 0 atom stereocenters. The average molecular weight is 183 g/mol. The molecule has 0 radical (unpaired) electrons. The summed E-state index contributed by atoms with van der Waals surface area (Å²) in [6.07, 6.45) is 4.99. The van der Waals surface area contributed by atoms with Gasteiger partial charge in [-0.05, 0) is 30.4 Å². The molecule has 1 aliphatic rings. The van der Waals surface area contributed by atoms with Crippen LogP contribution in [-0.2, 0) is 5.41 Å². The first-order valence-electron chi connectivity index (χ1n) is 4.95. The fourth-order valence-electron chi connectivity index (χ4n) is 2.08. The Kier molecular flexibility index (Phi) is 2.13. The van der Waals surface area contributed by atoms with Gasteiger partial charge in [-0.1, -0.05) is 36.9 Å². The highest BCUT2D eigenvalue weighted by molar-refractivity contribution is 5.56. The zero-order valence-electron chi connectivity index (χ0n) is 8.16. The number of hydrogen-bond acceptors (Lipinski definition) is 1. The quantitative estimate of drug-likeness (QED) is 0.690. The third kappa shape index (κ3) is 1.15. The first kappa shape index (κ1) is 9.02. The van der Waals surface area contributed by atoms with Crippen LogP contribution in [0.5, 0.6) is 0 Å². The van der Waals surface area contributed by atoms with E-state index in [-0.39, 0.29) is 5.41 Å². The van der Waals surface area contributed by atoms with Crippen molar-refractivity contribution in [2.45, 2.75) is 24.7 Å². The van der Waals surface area contributed by atoms with Gasteiger partial charge in [-0.3, -0.25) is 0 Å². The molecule has 1 aromatic rings. The largest absolute Gasteiger partial charge is 0.197 e. The second kappa shape index (κ2) is 3.31. The van der Waals surface area contributed by atoms with Crippen molar-refractivity contribution in [3.8, 4) is 6.07 Å². The van der Waals surface area contributed by atoms with Crippen molar-refractivity contribution in [1.82, 2.24) is 0 Å². The molecule has 0 spiro atoms. The second-order valence-electron chi connectivity index (χ2n) is 3.84. The summed E-state index contributed by atoms with van der Waals surface area (Å²) < 4.78 is 0. The molecule has 0 heterocycles. The molecule has 0 saturated heterocycles. The summed E-state index contributed by atoms with van der Waals surface area (Å²) in [5.41, 5.74) is 2.04. The van der Waals surface area contributed by atoms with Crippen LogP contribution in [-0.4, -0.2) is 0 Å². The van der Waals surface area contributed by atoms with Gasteiger partial charge in [0.25, 0.3) is 0 Å². The molecule has 0 aromatic heterocycles. The minimum atomic E-state index is -0.217. The third-order valence-electron chi connectivity index (χ3n) is 3.12. The Labute approximate surface area is 84.7 Å². The summed E-state index contributed by atoms with van der Waals surface area (Å²) in [4.78, 5) is 0. The van der Waals surface area contributed by atoms with E-state index >= 15 is 0 Å². The highest BCUT2D eigenvalue weighted by Crippen LogP contribution is 2.44. The summed E-state index contributed by atoms with van der Waals surface area (Å²) in [6.45, 7) is 3.79. The van der Waals surface area contributed by atoms with Crippen LogP contribution in [0, 0.1) is 11.3 Å². The standard InChI is InChI=1S/C13H13N/c1-2-11-6-3-4-7-12(11)13(10-14)8-5-9-13/h2-4,6-7H,1,5,8-9H2. The number of rotatable bonds is 2. The molecule has 1 nitrogen and oxygen atoms in total. The molecule has 1 aliphatic carbocycles. The van der Waals surface area contributed by atoms with Gasteiger partial charge in [0, 0.05) is 0 Å². The lowest BCUT2D eigenvalue weighted by molar-refractivity contribution is 0.323. The Hall–Kier alpha value is -1.55. The maximum absolute atomic E-state index is 9.23. The molecule has 0 amide bonds. The lowest BCUT2D eigenvalue weighted by atomic mass is 9.64. The van der Waals surface area contributed by atoms with Gasteiger partial charge in [-0.2, -0.15) is 5.26 Å². The predicted molar refractivity (Wildman–Crippen MR) is 57.7 cm³/mol. The van der Waals surface area contributed by atoms with Crippen molar-refractivity contribution in [2.24, 2.45) is 0 Å². The van der Waals surface area contributed by atoms with Gasteiger partial charge in [0.1, 0.15) is 0 Å². The van der Waals surface area contributed by atoms with Crippen LogP contribution in [0.4, 0.5) is 0 Å². The van der Waals surface area contributed by atoms with Gasteiger partial charge in [0.2, 0.25) is 0 Å². The van der Waals surface area contributed by atoms with Crippen LogP contribution in [0.15, 0.2) is 30.8 Å².